The van der Waals surface area contributed by atoms with Crippen LogP contribution >= 0.6 is 0 Å². The molecule has 0 aromatic carbocycles. The topological polar surface area (TPSA) is 43.8 Å². The van der Waals surface area contributed by atoms with Crippen LogP contribution in [0.15, 0.2) is 12.4 Å². The van der Waals surface area contributed by atoms with Gasteiger partial charge in [0.15, 0.2) is 0 Å². The molecule has 1 aromatic rings. The van der Waals surface area contributed by atoms with Crippen LogP contribution in [-0.2, 0) is 13.5 Å². The van der Waals surface area contributed by atoms with Crippen molar-refractivity contribution in [2.24, 2.45) is 30.5 Å². The quantitative estimate of drug-likeness (QED) is 0.891. The molecule has 0 radical (unpaired) electrons. The molecule has 102 valence electrons. The van der Waals surface area contributed by atoms with Crippen LogP contribution in [-0.4, -0.2) is 15.8 Å². The summed E-state index contributed by atoms with van der Waals surface area (Å²) in [6.07, 6.45) is 10.4. The van der Waals surface area contributed by atoms with Gasteiger partial charge in [-0.2, -0.15) is 5.10 Å². The van der Waals surface area contributed by atoms with E-state index in [1.54, 1.807) is 0 Å². The first-order chi connectivity index (χ1) is 8.56. The summed E-state index contributed by atoms with van der Waals surface area (Å²) in [7, 11) is 1.96. The Morgan fingerprint density at radius 3 is 2.39 bits per heavy atom. The summed E-state index contributed by atoms with van der Waals surface area (Å²) in [5.41, 5.74) is 7.65. The SMILES string of the molecule is CC(C)C1CCC(C(N)Cc2cnn(C)c2)CC1. The first-order valence-corrected chi connectivity index (χ1v) is 7.29. The van der Waals surface area contributed by atoms with Crippen molar-refractivity contribution in [3.05, 3.63) is 18.0 Å². The summed E-state index contributed by atoms with van der Waals surface area (Å²) in [5, 5.41) is 4.21. The van der Waals surface area contributed by atoms with Gasteiger partial charge in [-0.3, -0.25) is 4.68 Å². The highest BCUT2D eigenvalue weighted by Gasteiger charge is 2.27. The highest BCUT2D eigenvalue weighted by Crippen LogP contribution is 2.34. The Balaban J connectivity index is 1.82. The van der Waals surface area contributed by atoms with Crippen LogP contribution in [0.5, 0.6) is 0 Å². The van der Waals surface area contributed by atoms with Gasteiger partial charge in [0.05, 0.1) is 6.20 Å². The summed E-state index contributed by atoms with van der Waals surface area (Å²) < 4.78 is 1.86. The molecule has 1 aromatic heterocycles. The van der Waals surface area contributed by atoms with E-state index in [4.69, 9.17) is 5.73 Å². The molecule has 2 N–H and O–H groups in total. The van der Waals surface area contributed by atoms with Gasteiger partial charge in [0, 0.05) is 19.3 Å². The fourth-order valence-electron chi connectivity index (χ4n) is 3.26. The molecule has 18 heavy (non-hydrogen) atoms. The van der Waals surface area contributed by atoms with Gasteiger partial charge in [-0.05, 0) is 55.4 Å². The molecule has 2 rings (SSSR count). The van der Waals surface area contributed by atoms with Crippen LogP contribution in [0.3, 0.4) is 0 Å². The van der Waals surface area contributed by atoms with Gasteiger partial charge in [0.2, 0.25) is 0 Å². The number of hydrogen-bond donors (Lipinski definition) is 1. The average Bonchev–Trinajstić information content (AvgIpc) is 2.75. The third kappa shape index (κ3) is 3.35. The predicted molar refractivity (Wildman–Crippen MR) is 75.2 cm³/mol. The molecule has 1 aliphatic rings. The van der Waals surface area contributed by atoms with Crippen molar-refractivity contribution < 1.29 is 0 Å². The largest absolute Gasteiger partial charge is 0.327 e. The summed E-state index contributed by atoms with van der Waals surface area (Å²) in [5.74, 6) is 2.47. The lowest BCUT2D eigenvalue weighted by Crippen LogP contribution is -2.35. The Kier molecular flexibility index (Phi) is 4.44. The molecular formula is C15H27N3. The van der Waals surface area contributed by atoms with Crippen molar-refractivity contribution in [1.29, 1.82) is 0 Å². The Morgan fingerprint density at radius 2 is 1.89 bits per heavy atom. The monoisotopic (exact) mass is 249 g/mol. The van der Waals surface area contributed by atoms with Crippen LogP contribution in [0.25, 0.3) is 0 Å². The molecular weight excluding hydrogens is 222 g/mol. The van der Waals surface area contributed by atoms with Gasteiger partial charge in [0.1, 0.15) is 0 Å². The van der Waals surface area contributed by atoms with E-state index in [-0.39, 0.29) is 0 Å². The van der Waals surface area contributed by atoms with E-state index in [1.807, 2.05) is 17.9 Å². The molecule has 1 saturated carbocycles. The van der Waals surface area contributed by atoms with Crippen molar-refractivity contribution in [3.8, 4) is 0 Å². The molecule has 1 heterocycles. The van der Waals surface area contributed by atoms with Gasteiger partial charge in [-0.25, -0.2) is 0 Å². The molecule has 0 amide bonds. The fourth-order valence-corrected chi connectivity index (χ4v) is 3.26. The van der Waals surface area contributed by atoms with E-state index >= 15 is 0 Å². The zero-order valence-electron chi connectivity index (χ0n) is 12.0. The van der Waals surface area contributed by atoms with Crippen LogP contribution in [0.2, 0.25) is 0 Å². The third-order valence-corrected chi connectivity index (χ3v) is 4.59. The van der Waals surface area contributed by atoms with Crippen LogP contribution in [0.4, 0.5) is 0 Å². The summed E-state index contributed by atoms with van der Waals surface area (Å²) in [6, 6.07) is 0.308. The first-order valence-electron chi connectivity index (χ1n) is 7.29. The van der Waals surface area contributed by atoms with Crippen molar-refractivity contribution in [1.82, 2.24) is 9.78 Å². The molecule has 0 spiro atoms. The molecule has 3 nitrogen and oxygen atoms in total. The Labute approximate surface area is 111 Å². The molecule has 0 aliphatic heterocycles. The lowest BCUT2D eigenvalue weighted by Gasteiger charge is -2.33. The van der Waals surface area contributed by atoms with Gasteiger partial charge < -0.3 is 5.73 Å². The standard InChI is InChI=1S/C15H27N3/c1-11(2)13-4-6-14(7-5-13)15(16)8-12-9-17-18(3)10-12/h9-11,13-15H,4-8,16H2,1-3H3. The lowest BCUT2D eigenvalue weighted by atomic mass is 9.74. The van der Waals surface area contributed by atoms with E-state index in [2.05, 4.69) is 25.1 Å². The number of aryl methyl sites for hydroxylation is 1. The maximum Gasteiger partial charge on any atom is 0.0522 e. The second-order valence-electron chi connectivity index (χ2n) is 6.31. The van der Waals surface area contributed by atoms with Gasteiger partial charge in [-0.1, -0.05) is 13.8 Å². The zero-order chi connectivity index (χ0) is 13.1. The van der Waals surface area contributed by atoms with E-state index < -0.39 is 0 Å². The smallest absolute Gasteiger partial charge is 0.0522 e. The maximum absolute atomic E-state index is 6.37. The number of nitrogens with zero attached hydrogens (tertiary/aromatic N) is 2. The maximum atomic E-state index is 6.37. The molecule has 1 atom stereocenters. The Hall–Kier alpha value is -0.830. The average molecular weight is 249 g/mol. The Bertz CT molecular complexity index is 362. The second-order valence-corrected chi connectivity index (χ2v) is 6.31. The van der Waals surface area contributed by atoms with Gasteiger partial charge in [-0.15, -0.1) is 0 Å². The van der Waals surface area contributed by atoms with E-state index in [9.17, 15) is 0 Å². The molecule has 0 saturated heterocycles. The van der Waals surface area contributed by atoms with E-state index in [0.717, 1.165) is 18.3 Å². The molecule has 0 bridgehead atoms. The fraction of sp³-hybridized carbons (Fsp3) is 0.800. The molecule has 1 unspecified atom stereocenters. The lowest BCUT2D eigenvalue weighted by molar-refractivity contribution is 0.202. The van der Waals surface area contributed by atoms with Gasteiger partial charge in [0.25, 0.3) is 0 Å². The Morgan fingerprint density at radius 1 is 1.28 bits per heavy atom. The minimum Gasteiger partial charge on any atom is -0.327 e. The van der Waals surface area contributed by atoms with Crippen LogP contribution in [0.1, 0.15) is 45.1 Å². The molecule has 1 fully saturated rings. The van der Waals surface area contributed by atoms with E-state index in [0.29, 0.717) is 12.0 Å². The first kappa shape index (κ1) is 13.6. The minimum atomic E-state index is 0.308. The molecule has 3 heteroatoms. The highest BCUT2D eigenvalue weighted by molar-refractivity contribution is 5.06. The molecule has 1 aliphatic carbocycles. The summed E-state index contributed by atoms with van der Waals surface area (Å²) in [4.78, 5) is 0. The van der Waals surface area contributed by atoms with Crippen molar-refractivity contribution in [3.63, 3.8) is 0 Å². The van der Waals surface area contributed by atoms with Crippen molar-refractivity contribution >= 4 is 0 Å². The van der Waals surface area contributed by atoms with Crippen molar-refractivity contribution in [2.75, 3.05) is 0 Å². The zero-order valence-corrected chi connectivity index (χ0v) is 12.0. The second kappa shape index (κ2) is 5.87. The number of hydrogen-bond acceptors (Lipinski definition) is 2. The number of aromatic nitrogens is 2. The highest BCUT2D eigenvalue weighted by atomic mass is 15.2. The number of rotatable bonds is 4. The number of nitrogens with two attached hydrogens (primary N) is 1. The summed E-state index contributed by atoms with van der Waals surface area (Å²) in [6.45, 7) is 4.70. The minimum absolute atomic E-state index is 0.308. The van der Waals surface area contributed by atoms with Crippen LogP contribution in [0, 0.1) is 17.8 Å². The predicted octanol–water partition coefficient (Wildman–Crippen LogP) is 2.75. The van der Waals surface area contributed by atoms with Gasteiger partial charge >= 0.3 is 0 Å². The van der Waals surface area contributed by atoms with E-state index in [1.165, 1.54) is 31.2 Å². The van der Waals surface area contributed by atoms with Crippen LogP contribution < -0.4 is 5.73 Å². The van der Waals surface area contributed by atoms with Crippen molar-refractivity contribution in [2.45, 2.75) is 52.0 Å². The third-order valence-electron chi connectivity index (χ3n) is 4.59. The summed E-state index contributed by atoms with van der Waals surface area (Å²) >= 11 is 0. The normalized spacial score (nSPS) is 26.5.